The molecule has 13 nitrogen and oxygen atoms in total. The lowest BCUT2D eigenvalue weighted by Crippen LogP contribution is -2.40. The van der Waals surface area contributed by atoms with E-state index < -0.39 is 0 Å². The SMILES string of the molecule is COC(=O)N1CCc2ccc(Nc3ncc4c(=O)n5n(c4n3)-c3ccc4c(n3)N(CCC=CC5)C(=O)CO4)cc2C1. The minimum atomic E-state index is -0.356. The van der Waals surface area contributed by atoms with Gasteiger partial charge in [0.25, 0.3) is 11.5 Å². The Balaban J connectivity index is 1.30. The summed E-state index contributed by atoms with van der Waals surface area (Å²) in [4.78, 5) is 55.3. The molecule has 3 aromatic heterocycles. The summed E-state index contributed by atoms with van der Waals surface area (Å²) in [6, 6.07) is 9.43. The van der Waals surface area contributed by atoms with Crippen molar-refractivity contribution in [1.29, 1.82) is 0 Å². The van der Waals surface area contributed by atoms with Gasteiger partial charge in [-0.05, 0) is 48.2 Å². The molecular formula is C28H26N8O5. The molecule has 2 amide bonds. The van der Waals surface area contributed by atoms with E-state index in [1.807, 2.05) is 30.4 Å². The van der Waals surface area contributed by atoms with Crippen molar-refractivity contribution in [3.05, 3.63) is 70.2 Å². The van der Waals surface area contributed by atoms with Crippen LogP contribution in [0.2, 0.25) is 0 Å². The zero-order valence-electron chi connectivity index (χ0n) is 22.2. The van der Waals surface area contributed by atoms with Gasteiger partial charge in [-0.2, -0.15) is 4.98 Å². The van der Waals surface area contributed by atoms with E-state index in [0.717, 1.165) is 17.7 Å². The van der Waals surface area contributed by atoms with Gasteiger partial charge in [0, 0.05) is 31.5 Å². The Hall–Kier alpha value is -5.20. The number of methoxy groups -OCH3 is 1. The molecule has 1 N–H and O–H groups in total. The maximum absolute atomic E-state index is 13.5. The molecule has 4 aromatic rings. The molecule has 0 atom stereocenters. The molecule has 0 radical (unpaired) electrons. The standard InChI is InChI=1S/C28H26N8O5/c1-40-28(39)33-12-9-17-5-6-19(13-18(17)15-33)30-27-29-14-20-24(32-27)36-22-8-7-21-25(31-22)34(23(37)16-41-21)10-3-2-4-11-35(36)26(20)38/h2,4-8,13-14H,3,9-12,15-16H2,1H3,(H,29,30,32). The normalized spacial score (nSPS) is 16.0. The molecule has 7 rings (SSSR count). The van der Waals surface area contributed by atoms with Gasteiger partial charge < -0.3 is 19.7 Å². The van der Waals surface area contributed by atoms with Gasteiger partial charge in [-0.15, -0.1) is 0 Å². The van der Waals surface area contributed by atoms with Crippen LogP contribution in [0.5, 0.6) is 5.75 Å². The second-order valence-corrected chi connectivity index (χ2v) is 9.97. The molecule has 41 heavy (non-hydrogen) atoms. The highest BCUT2D eigenvalue weighted by Gasteiger charge is 2.28. The minimum absolute atomic E-state index is 0.0411. The van der Waals surface area contributed by atoms with E-state index in [1.54, 1.807) is 31.3 Å². The molecule has 0 unspecified atom stereocenters. The van der Waals surface area contributed by atoms with Crippen LogP contribution in [-0.4, -0.2) is 68.0 Å². The summed E-state index contributed by atoms with van der Waals surface area (Å²) in [6.45, 7) is 1.76. The van der Waals surface area contributed by atoms with Crippen molar-refractivity contribution in [2.24, 2.45) is 0 Å². The van der Waals surface area contributed by atoms with E-state index in [9.17, 15) is 14.4 Å². The number of hydrogen-bond acceptors (Lipinski definition) is 9. The van der Waals surface area contributed by atoms with E-state index in [4.69, 9.17) is 19.4 Å². The summed E-state index contributed by atoms with van der Waals surface area (Å²) >= 11 is 0. The van der Waals surface area contributed by atoms with Gasteiger partial charge in [0.2, 0.25) is 5.95 Å². The Labute approximate surface area is 233 Å². The summed E-state index contributed by atoms with van der Waals surface area (Å²) < 4.78 is 13.7. The van der Waals surface area contributed by atoms with E-state index in [0.29, 0.717) is 67.0 Å². The van der Waals surface area contributed by atoms with Crippen molar-refractivity contribution in [2.45, 2.75) is 25.9 Å². The minimum Gasteiger partial charge on any atom is -0.480 e. The monoisotopic (exact) mass is 554 g/mol. The Kier molecular flexibility index (Phi) is 5.91. The lowest BCUT2D eigenvalue weighted by molar-refractivity contribution is -0.121. The van der Waals surface area contributed by atoms with Gasteiger partial charge in [-0.1, -0.05) is 18.2 Å². The fourth-order valence-corrected chi connectivity index (χ4v) is 5.45. The zero-order chi connectivity index (χ0) is 28.1. The van der Waals surface area contributed by atoms with Gasteiger partial charge in [-0.3, -0.25) is 14.5 Å². The average Bonchev–Trinajstić information content (AvgIpc) is 3.25. The molecule has 3 aliphatic heterocycles. The Morgan fingerprint density at radius 2 is 1.98 bits per heavy atom. The number of pyridine rings is 1. The van der Waals surface area contributed by atoms with Crippen LogP contribution in [0.1, 0.15) is 17.5 Å². The van der Waals surface area contributed by atoms with Crippen molar-refractivity contribution >= 4 is 40.5 Å². The van der Waals surface area contributed by atoms with E-state index >= 15 is 0 Å². The number of anilines is 3. The van der Waals surface area contributed by atoms with E-state index in [-0.39, 0.29) is 24.2 Å². The van der Waals surface area contributed by atoms with Gasteiger partial charge in [0.15, 0.2) is 29.6 Å². The van der Waals surface area contributed by atoms with E-state index in [2.05, 4.69) is 10.3 Å². The predicted molar refractivity (Wildman–Crippen MR) is 149 cm³/mol. The largest absolute Gasteiger partial charge is 0.480 e. The Morgan fingerprint density at radius 3 is 2.85 bits per heavy atom. The average molecular weight is 555 g/mol. The van der Waals surface area contributed by atoms with Crippen molar-refractivity contribution in [3.8, 4) is 11.6 Å². The molecule has 208 valence electrons. The smallest absolute Gasteiger partial charge is 0.409 e. The third-order valence-corrected chi connectivity index (χ3v) is 7.50. The van der Waals surface area contributed by atoms with Crippen LogP contribution in [0, 0.1) is 0 Å². The van der Waals surface area contributed by atoms with Crippen LogP contribution in [0.15, 0.2) is 53.5 Å². The first kappa shape index (κ1) is 24.8. The Bertz CT molecular complexity index is 1810. The maximum atomic E-state index is 13.5. The van der Waals surface area contributed by atoms with Crippen molar-refractivity contribution in [2.75, 3.05) is 37.0 Å². The number of hydrogen-bond donors (Lipinski definition) is 1. The summed E-state index contributed by atoms with van der Waals surface area (Å²) in [6.07, 6.45) is 6.34. The number of aromatic nitrogens is 5. The van der Waals surface area contributed by atoms with Gasteiger partial charge in [0.05, 0.1) is 13.7 Å². The number of allylic oxidation sites excluding steroid dienone is 1. The van der Waals surface area contributed by atoms with Crippen molar-refractivity contribution in [3.63, 3.8) is 0 Å². The summed E-state index contributed by atoms with van der Waals surface area (Å²) in [5.74, 6) is 1.48. The first-order valence-electron chi connectivity index (χ1n) is 13.3. The summed E-state index contributed by atoms with van der Waals surface area (Å²) in [5.41, 5.74) is 3.04. The number of carbonyl (C=O) groups is 2. The lowest BCUT2D eigenvalue weighted by atomic mass is 9.99. The highest BCUT2D eigenvalue weighted by molar-refractivity contribution is 5.96. The Morgan fingerprint density at radius 1 is 1.07 bits per heavy atom. The van der Waals surface area contributed by atoms with Crippen LogP contribution in [-0.2, 0) is 29.0 Å². The molecule has 13 heteroatoms. The molecule has 3 aliphatic rings. The predicted octanol–water partition coefficient (Wildman–Crippen LogP) is 2.53. The van der Waals surface area contributed by atoms with Crippen LogP contribution in [0.3, 0.4) is 0 Å². The molecule has 0 spiro atoms. The lowest BCUT2D eigenvalue weighted by Gasteiger charge is -2.28. The second-order valence-electron chi connectivity index (χ2n) is 9.97. The molecule has 0 fully saturated rings. The van der Waals surface area contributed by atoms with Crippen molar-refractivity contribution in [1.82, 2.24) is 29.2 Å². The first-order valence-corrected chi connectivity index (χ1v) is 13.3. The molecule has 2 bridgehead atoms. The van der Waals surface area contributed by atoms with Gasteiger partial charge in [0.1, 0.15) is 5.39 Å². The number of ether oxygens (including phenoxy) is 2. The quantitative estimate of drug-likeness (QED) is 0.371. The van der Waals surface area contributed by atoms with Gasteiger partial charge in [-0.25, -0.2) is 24.1 Å². The number of rotatable bonds is 2. The fourth-order valence-electron chi connectivity index (χ4n) is 5.45. The topological polar surface area (TPSA) is 137 Å². The highest BCUT2D eigenvalue weighted by Crippen LogP contribution is 2.32. The van der Waals surface area contributed by atoms with Crippen LogP contribution < -0.4 is 20.5 Å². The van der Waals surface area contributed by atoms with E-state index in [1.165, 1.54) is 18.9 Å². The first-order chi connectivity index (χ1) is 20.0. The third-order valence-electron chi connectivity index (χ3n) is 7.50. The van der Waals surface area contributed by atoms with Gasteiger partial charge >= 0.3 is 6.09 Å². The molecule has 0 saturated carbocycles. The fraction of sp³-hybridized carbons (Fsp3) is 0.286. The second kappa shape index (κ2) is 9.77. The molecule has 0 aliphatic carbocycles. The molecule has 6 heterocycles. The zero-order valence-corrected chi connectivity index (χ0v) is 22.2. The summed E-state index contributed by atoms with van der Waals surface area (Å²) in [5, 5.41) is 3.58. The number of benzene rings is 1. The van der Waals surface area contributed by atoms with Crippen LogP contribution in [0.25, 0.3) is 16.9 Å². The number of nitrogens with zero attached hydrogens (tertiary/aromatic N) is 7. The number of carbonyl (C=O) groups excluding carboxylic acids is 2. The molecular weight excluding hydrogens is 528 g/mol. The van der Waals surface area contributed by atoms with Crippen LogP contribution >= 0.6 is 0 Å². The summed E-state index contributed by atoms with van der Waals surface area (Å²) in [7, 11) is 1.38. The van der Waals surface area contributed by atoms with Crippen LogP contribution in [0.4, 0.5) is 22.2 Å². The van der Waals surface area contributed by atoms with Crippen molar-refractivity contribution < 1.29 is 19.1 Å². The molecule has 1 aromatic carbocycles. The maximum Gasteiger partial charge on any atom is 0.409 e. The number of fused-ring (bicyclic) bond motifs is 6. The number of amides is 2. The third kappa shape index (κ3) is 4.26. The number of nitrogens with one attached hydrogen (secondary N) is 1. The highest BCUT2D eigenvalue weighted by atomic mass is 16.5. The molecule has 0 saturated heterocycles.